The van der Waals surface area contributed by atoms with Crippen LogP contribution in [0.2, 0.25) is 0 Å². The fourth-order valence-corrected chi connectivity index (χ4v) is 1.52. The zero-order valence-electron chi connectivity index (χ0n) is 9.68. The summed E-state index contributed by atoms with van der Waals surface area (Å²) in [5.74, 6) is -1.22. The van der Waals surface area contributed by atoms with Crippen LogP contribution in [-0.2, 0) is 0 Å². The van der Waals surface area contributed by atoms with Crippen LogP contribution in [0.3, 0.4) is 0 Å². The molecule has 0 rings (SSSR count). The summed E-state index contributed by atoms with van der Waals surface area (Å²) in [6.45, 7) is 3.59. The second kappa shape index (κ2) is 7.09. The van der Waals surface area contributed by atoms with Gasteiger partial charge in [-0.15, -0.1) is 0 Å². The van der Waals surface area contributed by atoms with Gasteiger partial charge >= 0.3 is 6.18 Å². The Balaban J connectivity index is 4.40. The van der Waals surface area contributed by atoms with E-state index in [4.69, 9.17) is 0 Å². The van der Waals surface area contributed by atoms with Gasteiger partial charge in [0.1, 0.15) is 0 Å². The van der Waals surface area contributed by atoms with Gasteiger partial charge < -0.3 is 0 Å². The number of halogens is 4. The molecule has 0 N–H and O–H groups in total. The standard InChI is InChI=1S/C11H17BrF3N/c1-8(2)7-9(11(13,14)15)5-4-6-10(12)16-3/h4,6,8-9H,5,7H2,1-3H3/b6-4-,16-10?. The maximum Gasteiger partial charge on any atom is 0.392 e. The van der Waals surface area contributed by atoms with Crippen LogP contribution >= 0.6 is 15.9 Å². The molecule has 5 heteroatoms. The van der Waals surface area contributed by atoms with Crippen molar-refractivity contribution < 1.29 is 13.2 Å². The van der Waals surface area contributed by atoms with Crippen molar-refractivity contribution in [1.82, 2.24) is 0 Å². The third kappa shape index (κ3) is 7.04. The zero-order valence-corrected chi connectivity index (χ0v) is 11.3. The molecule has 0 aliphatic heterocycles. The Hall–Kier alpha value is -0.320. The first kappa shape index (κ1) is 15.7. The van der Waals surface area contributed by atoms with Crippen molar-refractivity contribution in [2.24, 2.45) is 16.8 Å². The van der Waals surface area contributed by atoms with Crippen LogP contribution in [0.25, 0.3) is 0 Å². The molecule has 0 aromatic carbocycles. The number of allylic oxidation sites excluding steroid dienone is 2. The van der Waals surface area contributed by atoms with E-state index in [-0.39, 0.29) is 18.8 Å². The van der Waals surface area contributed by atoms with Crippen LogP contribution in [-0.4, -0.2) is 17.8 Å². The van der Waals surface area contributed by atoms with Crippen LogP contribution < -0.4 is 0 Å². The highest BCUT2D eigenvalue weighted by molar-refractivity contribution is 9.18. The second-order valence-corrected chi connectivity index (χ2v) is 4.86. The van der Waals surface area contributed by atoms with Gasteiger partial charge in [0.25, 0.3) is 0 Å². The molecule has 1 unspecified atom stereocenters. The number of nitrogens with zero attached hydrogens (tertiary/aromatic N) is 1. The van der Waals surface area contributed by atoms with Crippen LogP contribution in [0, 0.1) is 11.8 Å². The van der Waals surface area contributed by atoms with Gasteiger partial charge in [-0.2, -0.15) is 13.2 Å². The Morgan fingerprint density at radius 3 is 2.31 bits per heavy atom. The molecule has 0 bridgehead atoms. The lowest BCUT2D eigenvalue weighted by molar-refractivity contribution is -0.177. The molecule has 0 saturated carbocycles. The average molecular weight is 300 g/mol. The van der Waals surface area contributed by atoms with E-state index < -0.39 is 12.1 Å². The van der Waals surface area contributed by atoms with Gasteiger partial charge in [0.15, 0.2) is 0 Å². The maximum absolute atomic E-state index is 12.6. The Bertz CT molecular complexity index is 256. The number of aliphatic imine (C=N–C) groups is 1. The summed E-state index contributed by atoms with van der Waals surface area (Å²) >= 11 is 3.11. The number of alkyl halides is 3. The minimum atomic E-state index is -4.12. The van der Waals surface area contributed by atoms with E-state index in [2.05, 4.69) is 20.9 Å². The molecule has 0 heterocycles. The molecule has 0 aliphatic rings. The smallest absolute Gasteiger partial charge is 0.281 e. The number of hydrogen-bond donors (Lipinski definition) is 0. The molecule has 1 atom stereocenters. The van der Waals surface area contributed by atoms with Crippen LogP contribution in [0.5, 0.6) is 0 Å². The van der Waals surface area contributed by atoms with Gasteiger partial charge in [0.05, 0.1) is 10.5 Å². The molecule has 0 amide bonds. The Morgan fingerprint density at radius 1 is 1.38 bits per heavy atom. The quantitative estimate of drug-likeness (QED) is 0.659. The minimum absolute atomic E-state index is 0.00625. The summed E-state index contributed by atoms with van der Waals surface area (Å²) in [7, 11) is 1.57. The first-order valence-corrected chi connectivity index (χ1v) is 5.92. The van der Waals surface area contributed by atoms with E-state index in [9.17, 15) is 13.2 Å². The maximum atomic E-state index is 12.6. The van der Waals surface area contributed by atoms with Crippen LogP contribution in [0.4, 0.5) is 13.2 Å². The topological polar surface area (TPSA) is 12.4 Å². The van der Waals surface area contributed by atoms with Gasteiger partial charge in [-0.25, -0.2) is 0 Å². The van der Waals surface area contributed by atoms with Crippen molar-refractivity contribution in [2.45, 2.75) is 32.9 Å². The van der Waals surface area contributed by atoms with Crippen molar-refractivity contribution >= 4 is 20.6 Å². The average Bonchev–Trinajstić information content (AvgIpc) is 2.13. The van der Waals surface area contributed by atoms with Crippen LogP contribution in [0.1, 0.15) is 26.7 Å². The van der Waals surface area contributed by atoms with Gasteiger partial charge in [0, 0.05) is 7.05 Å². The van der Waals surface area contributed by atoms with Gasteiger partial charge in [-0.1, -0.05) is 19.9 Å². The predicted octanol–water partition coefficient (Wildman–Crippen LogP) is 4.58. The number of rotatable bonds is 5. The highest BCUT2D eigenvalue weighted by atomic mass is 79.9. The minimum Gasteiger partial charge on any atom is -0.281 e. The number of hydrogen-bond acceptors (Lipinski definition) is 1. The molecule has 0 saturated heterocycles. The fraction of sp³-hybridized carbons (Fsp3) is 0.727. The summed E-state index contributed by atoms with van der Waals surface area (Å²) in [5.41, 5.74) is 0. The first-order valence-electron chi connectivity index (χ1n) is 5.13. The Morgan fingerprint density at radius 2 is 1.94 bits per heavy atom. The Kier molecular flexibility index (Phi) is 6.95. The van der Waals surface area contributed by atoms with Gasteiger partial charge in [-0.3, -0.25) is 4.99 Å². The predicted molar refractivity (Wildman–Crippen MR) is 65.0 cm³/mol. The van der Waals surface area contributed by atoms with Crippen molar-refractivity contribution in [1.29, 1.82) is 0 Å². The molecule has 94 valence electrons. The molecule has 0 aromatic heterocycles. The molecule has 16 heavy (non-hydrogen) atoms. The molecule has 0 spiro atoms. The van der Waals surface area contributed by atoms with E-state index in [1.807, 2.05) is 0 Å². The first-order chi connectivity index (χ1) is 7.27. The summed E-state index contributed by atoms with van der Waals surface area (Å²) in [4.78, 5) is 3.77. The monoisotopic (exact) mass is 299 g/mol. The summed E-state index contributed by atoms with van der Waals surface area (Å²) < 4.78 is 38.4. The third-order valence-electron chi connectivity index (χ3n) is 2.11. The molecule has 0 radical (unpaired) electrons. The van der Waals surface area contributed by atoms with E-state index in [0.717, 1.165) is 0 Å². The van der Waals surface area contributed by atoms with E-state index in [1.165, 1.54) is 6.08 Å². The molecular formula is C11H17BrF3N. The molecule has 1 nitrogen and oxygen atoms in total. The van der Waals surface area contributed by atoms with Crippen molar-refractivity contribution in [3.63, 3.8) is 0 Å². The third-order valence-corrected chi connectivity index (χ3v) is 2.73. The van der Waals surface area contributed by atoms with E-state index in [1.54, 1.807) is 27.0 Å². The van der Waals surface area contributed by atoms with E-state index in [0.29, 0.717) is 4.62 Å². The normalized spacial score (nSPS) is 16.1. The van der Waals surface area contributed by atoms with Gasteiger partial charge in [-0.05, 0) is 40.8 Å². The summed E-state index contributed by atoms with van der Waals surface area (Å²) in [6, 6.07) is 0. The molecule has 0 fully saturated rings. The van der Waals surface area contributed by atoms with Crippen molar-refractivity contribution in [3.8, 4) is 0 Å². The van der Waals surface area contributed by atoms with Crippen molar-refractivity contribution in [2.75, 3.05) is 7.05 Å². The largest absolute Gasteiger partial charge is 0.392 e. The SMILES string of the molecule is CN=C(Br)/C=C\CC(CC(C)C)C(F)(F)F. The lowest BCUT2D eigenvalue weighted by Crippen LogP contribution is -2.23. The Labute approximate surface area is 103 Å². The van der Waals surface area contributed by atoms with E-state index >= 15 is 0 Å². The van der Waals surface area contributed by atoms with Crippen LogP contribution in [0.15, 0.2) is 17.1 Å². The highest BCUT2D eigenvalue weighted by Crippen LogP contribution is 2.33. The summed E-state index contributed by atoms with van der Waals surface area (Å²) in [6.07, 6.45) is -0.887. The van der Waals surface area contributed by atoms with Gasteiger partial charge in [0.2, 0.25) is 0 Å². The van der Waals surface area contributed by atoms with Crippen molar-refractivity contribution in [3.05, 3.63) is 12.2 Å². The molecular weight excluding hydrogens is 283 g/mol. The lowest BCUT2D eigenvalue weighted by Gasteiger charge is -2.20. The fourth-order valence-electron chi connectivity index (χ4n) is 1.34. The highest BCUT2D eigenvalue weighted by Gasteiger charge is 2.38. The zero-order chi connectivity index (χ0) is 12.8. The second-order valence-electron chi connectivity index (χ2n) is 4.05. The molecule has 0 aromatic rings. The molecule has 0 aliphatic carbocycles. The lowest BCUT2D eigenvalue weighted by atomic mass is 9.93. The summed E-state index contributed by atoms with van der Waals surface area (Å²) in [5, 5.41) is 0.